The molecule has 1 aliphatic rings. The van der Waals surface area contributed by atoms with Crippen LogP contribution in [0.5, 0.6) is 0 Å². The van der Waals surface area contributed by atoms with Crippen molar-refractivity contribution < 1.29 is 12.8 Å². The minimum Gasteiger partial charge on any atom is -0.244 e. The number of primary sulfonamides is 1. The smallest absolute Gasteiger partial charge is 0.211 e. The van der Waals surface area contributed by atoms with Crippen LogP contribution in [0.1, 0.15) is 39.0 Å². The summed E-state index contributed by atoms with van der Waals surface area (Å²) in [5.41, 5.74) is -1.15. The predicted octanol–water partition coefficient (Wildman–Crippen LogP) is 1.34. The van der Waals surface area contributed by atoms with E-state index in [4.69, 9.17) is 5.14 Å². The van der Waals surface area contributed by atoms with Crippen molar-refractivity contribution in [2.24, 2.45) is 5.14 Å². The van der Waals surface area contributed by atoms with E-state index in [0.29, 0.717) is 32.1 Å². The molecule has 13 heavy (non-hydrogen) atoms. The molecule has 1 fully saturated rings. The minimum atomic E-state index is -3.45. The Labute approximate surface area is 78.6 Å². The monoisotopic (exact) mass is 209 g/mol. The van der Waals surface area contributed by atoms with Gasteiger partial charge in [0.15, 0.2) is 0 Å². The minimum absolute atomic E-state index is 0.324. The van der Waals surface area contributed by atoms with Crippen LogP contribution in [0, 0.1) is 0 Å². The lowest BCUT2D eigenvalue weighted by Gasteiger charge is -2.31. The van der Waals surface area contributed by atoms with E-state index in [2.05, 4.69) is 0 Å². The molecule has 0 spiro atoms. The lowest BCUT2D eigenvalue weighted by molar-refractivity contribution is 0.104. The highest BCUT2D eigenvalue weighted by Crippen LogP contribution is 2.36. The van der Waals surface area contributed by atoms with Crippen LogP contribution in [0.15, 0.2) is 0 Å². The summed E-state index contributed by atoms with van der Waals surface area (Å²) < 4.78 is 35.5. The second kappa shape index (κ2) is 3.53. The van der Waals surface area contributed by atoms with Gasteiger partial charge in [-0.2, -0.15) is 0 Å². The van der Waals surface area contributed by atoms with Crippen molar-refractivity contribution in [3.05, 3.63) is 0 Å². The van der Waals surface area contributed by atoms with Crippen LogP contribution < -0.4 is 5.14 Å². The molecular formula is C8H16FNO2S. The number of nitrogens with two attached hydrogens (primary N) is 1. The summed E-state index contributed by atoms with van der Waals surface area (Å²) in [4.78, 5) is 0. The maximum absolute atomic E-state index is 13.6. The lowest BCUT2D eigenvalue weighted by atomic mass is 9.84. The van der Waals surface area contributed by atoms with Gasteiger partial charge in [-0.1, -0.05) is 6.92 Å². The molecule has 78 valence electrons. The molecular weight excluding hydrogens is 193 g/mol. The van der Waals surface area contributed by atoms with Crippen molar-refractivity contribution in [2.45, 2.75) is 49.9 Å². The molecule has 0 atom stereocenters. The number of sulfonamides is 1. The van der Waals surface area contributed by atoms with E-state index in [1.807, 2.05) is 0 Å². The molecule has 0 aromatic heterocycles. The van der Waals surface area contributed by atoms with Crippen LogP contribution in [0.2, 0.25) is 0 Å². The summed E-state index contributed by atoms with van der Waals surface area (Å²) in [6.07, 6.45) is 1.84. The second-order valence-electron chi connectivity index (χ2n) is 3.79. The summed E-state index contributed by atoms with van der Waals surface area (Å²) in [7, 11) is -3.45. The van der Waals surface area contributed by atoms with Gasteiger partial charge in [0, 0.05) is 0 Å². The molecule has 0 aromatic carbocycles. The summed E-state index contributed by atoms with van der Waals surface area (Å²) >= 11 is 0. The molecule has 0 bridgehead atoms. The number of hydrogen-bond donors (Lipinski definition) is 1. The van der Waals surface area contributed by atoms with E-state index in [1.165, 1.54) is 0 Å². The fourth-order valence-corrected chi connectivity index (χ4v) is 2.68. The second-order valence-corrected chi connectivity index (χ2v) is 5.64. The standard InChI is InChI=1S/C8H16FNO2S/c1-2-8(9)5-3-7(4-6-8)13(10,11)12/h7H,2-6H2,1H3,(H2,10,11,12). The van der Waals surface area contributed by atoms with Crippen molar-refractivity contribution in [3.63, 3.8) is 0 Å². The number of hydrogen-bond acceptors (Lipinski definition) is 2. The summed E-state index contributed by atoms with van der Waals surface area (Å²) in [5.74, 6) is 0. The van der Waals surface area contributed by atoms with Gasteiger partial charge in [0.1, 0.15) is 5.67 Å². The van der Waals surface area contributed by atoms with Crippen molar-refractivity contribution in [2.75, 3.05) is 0 Å². The van der Waals surface area contributed by atoms with E-state index in [0.717, 1.165) is 0 Å². The molecule has 3 nitrogen and oxygen atoms in total. The zero-order valence-electron chi connectivity index (χ0n) is 7.79. The van der Waals surface area contributed by atoms with Crippen LogP contribution in [0.4, 0.5) is 4.39 Å². The topological polar surface area (TPSA) is 60.2 Å². The number of alkyl halides is 1. The average Bonchev–Trinajstić information content (AvgIpc) is 2.04. The Balaban J connectivity index is 2.58. The van der Waals surface area contributed by atoms with Gasteiger partial charge in [-0.05, 0) is 32.1 Å². The van der Waals surface area contributed by atoms with E-state index in [9.17, 15) is 12.8 Å². The Bertz CT molecular complexity index is 268. The molecule has 0 unspecified atom stereocenters. The lowest BCUT2D eigenvalue weighted by Crippen LogP contribution is -2.37. The van der Waals surface area contributed by atoms with Crippen LogP contribution in [-0.4, -0.2) is 19.3 Å². The van der Waals surface area contributed by atoms with Gasteiger partial charge in [0.25, 0.3) is 0 Å². The van der Waals surface area contributed by atoms with Crippen LogP contribution in [0.3, 0.4) is 0 Å². The number of halogens is 1. The third-order valence-electron chi connectivity index (χ3n) is 2.93. The highest BCUT2D eigenvalue weighted by Gasteiger charge is 2.37. The fraction of sp³-hybridized carbons (Fsp3) is 1.00. The average molecular weight is 209 g/mol. The van der Waals surface area contributed by atoms with Gasteiger partial charge in [0.2, 0.25) is 10.0 Å². The predicted molar refractivity (Wildman–Crippen MR) is 49.5 cm³/mol. The maximum atomic E-state index is 13.6. The molecule has 2 N–H and O–H groups in total. The van der Waals surface area contributed by atoms with Gasteiger partial charge >= 0.3 is 0 Å². The highest BCUT2D eigenvalue weighted by atomic mass is 32.2. The van der Waals surface area contributed by atoms with Crippen LogP contribution in [-0.2, 0) is 10.0 Å². The molecule has 1 aliphatic carbocycles. The van der Waals surface area contributed by atoms with Crippen molar-refractivity contribution in [1.82, 2.24) is 0 Å². The van der Waals surface area contributed by atoms with Gasteiger partial charge in [-0.15, -0.1) is 0 Å². The van der Waals surface area contributed by atoms with Crippen LogP contribution >= 0.6 is 0 Å². The largest absolute Gasteiger partial charge is 0.244 e. The highest BCUT2D eigenvalue weighted by molar-refractivity contribution is 7.89. The molecule has 0 heterocycles. The first-order valence-corrected chi connectivity index (χ1v) is 6.19. The zero-order valence-corrected chi connectivity index (χ0v) is 8.61. The van der Waals surface area contributed by atoms with E-state index in [-0.39, 0.29) is 0 Å². The molecule has 0 radical (unpaired) electrons. The van der Waals surface area contributed by atoms with E-state index in [1.54, 1.807) is 6.92 Å². The maximum Gasteiger partial charge on any atom is 0.211 e. The van der Waals surface area contributed by atoms with Crippen molar-refractivity contribution >= 4 is 10.0 Å². The van der Waals surface area contributed by atoms with E-state index >= 15 is 0 Å². The van der Waals surface area contributed by atoms with E-state index < -0.39 is 20.9 Å². The SMILES string of the molecule is CCC1(F)CCC(S(N)(=O)=O)CC1. The summed E-state index contributed by atoms with van der Waals surface area (Å²) in [5, 5.41) is 4.46. The fourth-order valence-electron chi connectivity index (χ4n) is 1.79. The first-order chi connectivity index (χ1) is 5.87. The van der Waals surface area contributed by atoms with Gasteiger partial charge in [-0.3, -0.25) is 0 Å². The molecule has 0 amide bonds. The summed E-state index contributed by atoms with van der Waals surface area (Å²) in [6, 6.07) is 0. The van der Waals surface area contributed by atoms with Crippen molar-refractivity contribution in [3.8, 4) is 0 Å². The molecule has 0 aliphatic heterocycles. The van der Waals surface area contributed by atoms with Gasteiger partial charge in [-0.25, -0.2) is 17.9 Å². The third-order valence-corrected chi connectivity index (χ3v) is 4.33. The van der Waals surface area contributed by atoms with Crippen LogP contribution in [0.25, 0.3) is 0 Å². The molecule has 5 heteroatoms. The normalized spacial score (nSPS) is 36.1. The Kier molecular flexibility index (Phi) is 2.97. The van der Waals surface area contributed by atoms with Gasteiger partial charge in [0.05, 0.1) is 5.25 Å². The summed E-state index contributed by atoms with van der Waals surface area (Å²) in [6.45, 7) is 1.79. The van der Waals surface area contributed by atoms with Gasteiger partial charge < -0.3 is 0 Å². The number of rotatable bonds is 2. The first kappa shape index (κ1) is 10.9. The first-order valence-electron chi connectivity index (χ1n) is 4.58. The zero-order chi connectivity index (χ0) is 10.1. The third kappa shape index (κ3) is 2.64. The van der Waals surface area contributed by atoms with Crippen molar-refractivity contribution in [1.29, 1.82) is 0 Å². The Morgan fingerprint density at radius 1 is 1.46 bits per heavy atom. The molecule has 0 saturated heterocycles. The quantitative estimate of drug-likeness (QED) is 0.746. The molecule has 0 aromatic rings. The Morgan fingerprint density at radius 3 is 2.23 bits per heavy atom. The molecule has 1 saturated carbocycles. The Hall–Kier alpha value is -0.160. The molecule has 1 rings (SSSR count). The Morgan fingerprint density at radius 2 is 1.92 bits per heavy atom.